The van der Waals surface area contributed by atoms with Gasteiger partial charge in [-0.2, -0.15) is 0 Å². The van der Waals surface area contributed by atoms with E-state index in [0.717, 1.165) is 0 Å². The lowest BCUT2D eigenvalue weighted by molar-refractivity contribution is -0.156. The Morgan fingerprint density at radius 1 is 1.44 bits per heavy atom. The fraction of sp³-hybridized carbons (Fsp3) is 0.462. The zero-order chi connectivity index (χ0) is 13.1. The predicted molar refractivity (Wildman–Crippen MR) is 71.2 cm³/mol. The minimum atomic E-state index is -0.768. The van der Waals surface area contributed by atoms with Gasteiger partial charge in [0.05, 0.1) is 0 Å². The summed E-state index contributed by atoms with van der Waals surface area (Å²) in [5.41, 5.74) is 5.83. The van der Waals surface area contributed by atoms with E-state index in [1.807, 2.05) is 0 Å². The summed E-state index contributed by atoms with van der Waals surface area (Å²) in [4.78, 5) is 11.6. The number of esters is 1. The molecule has 0 aliphatic rings. The van der Waals surface area contributed by atoms with Crippen LogP contribution >= 0.6 is 12.4 Å². The summed E-state index contributed by atoms with van der Waals surface area (Å²) in [6, 6.07) is 5.27. The second kappa shape index (κ2) is 6.71. The van der Waals surface area contributed by atoms with Gasteiger partial charge in [-0.25, -0.2) is 4.39 Å². The molecule has 3 nitrogen and oxygen atoms in total. The first-order valence-electron chi connectivity index (χ1n) is 5.51. The maximum absolute atomic E-state index is 12.9. The highest BCUT2D eigenvalue weighted by atomic mass is 35.5. The molecule has 1 aromatic rings. The summed E-state index contributed by atoms with van der Waals surface area (Å²) < 4.78 is 18.1. The number of carbonyl (C=O) groups is 1. The molecule has 0 amide bonds. The van der Waals surface area contributed by atoms with Crippen molar-refractivity contribution >= 4 is 18.4 Å². The van der Waals surface area contributed by atoms with Gasteiger partial charge in [-0.05, 0) is 44.9 Å². The molecule has 1 aromatic carbocycles. The summed E-state index contributed by atoms with van der Waals surface area (Å²) in [5.74, 6) is -0.805. The fourth-order valence-corrected chi connectivity index (χ4v) is 1.38. The van der Waals surface area contributed by atoms with E-state index >= 15 is 0 Å². The van der Waals surface area contributed by atoms with E-state index in [-0.39, 0.29) is 24.6 Å². The van der Waals surface area contributed by atoms with Crippen LogP contribution in [0.5, 0.6) is 0 Å². The Labute approximate surface area is 113 Å². The van der Waals surface area contributed by atoms with E-state index in [0.29, 0.717) is 5.56 Å². The third-order valence-corrected chi connectivity index (χ3v) is 2.05. The number of rotatable bonds is 3. The Bertz CT molecular complexity index is 404. The van der Waals surface area contributed by atoms with Crippen molar-refractivity contribution in [3.05, 3.63) is 35.6 Å². The molecule has 5 heteroatoms. The standard InChI is InChI=1S/C13H18FNO2.ClH/c1-13(2,3)17-12(16)11(15)8-9-5-4-6-10(14)7-9;/h4-7,11H,8,15H2,1-3H3;1H. The topological polar surface area (TPSA) is 52.3 Å². The molecule has 0 saturated carbocycles. The average Bonchev–Trinajstić information content (AvgIpc) is 2.14. The third-order valence-electron chi connectivity index (χ3n) is 2.05. The zero-order valence-electron chi connectivity index (χ0n) is 10.8. The summed E-state index contributed by atoms with van der Waals surface area (Å²) in [5, 5.41) is 0. The third kappa shape index (κ3) is 5.98. The molecule has 0 heterocycles. The molecular formula is C13H19ClFNO2. The first-order chi connectivity index (χ1) is 7.78. The maximum atomic E-state index is 12.9. The summed E-state index contributed by atoms with van der Waals surface area (Å²) >= 11 is 0. The van der Waals surface area contributed by atoms with E-state index in [4.69, 9.17) is 10.5 Å². The molecule has 102 valence electrons. The van der Waals surface area contributed by atoms with Gasteiger partial charge in [0.15, 0.2) is 0 Å². The van der Waals surface area contributed by atoms with Crippen LogP contribution in [0.3, 0.4) is 0 Å². The Kier molecular flexibility index (Phi) is 6.29. The number of hydrogen-bond donors (Lipinski definition) is 1. The highest BCUT2D eigenvalue weighted by Crippen LogP contribution is 2.11. The van der Waals surface area contributed by atoms with Crippen molar-refractivity contribution in [1.29, 1.82) is 0 Å². The highest BCUT2D eigenvalue weighted by Gasteiger charge is 2.22. The van der Waals surface area contributed by atoms with Gasteiger partial charge in [0, 0.05) is 0 Å². The summed E-state index contributed by atoms with van der Waals surface area (Å²) in [6.45, 7) is 5.33. The minimum Gasteiger partial charge on any atom is -0.459 e. The molecule has 0 bridgehead atoms. The largest absolute Gasteiger partial charge is 0.459 e. The maximum Gasteiger partial charge on any atom is 0.323 e. The molecule has 0 aliphatic carbocycles. The molecule has 0 saturated heterocycles. The van der Waals surface area contributed by atoms with Crippen LogP contribution in [0.2, 0.25) is 0 Å². The quantitative estimate of drug-likeness (QED) is 0.862. The number of nitrogens with two attached hydrogens (primary N) is 1. The Balaban J connectivity index is 0.00000289. The molecule has 0 aromatic heterocycles. The summed E-state index contributed by atoms with van der Waals surface area (Å²) in [6.07, 6.45) is 0.271. The van der Waals surface area contributed by atoms with Crippen molar-refractivity contribution < 1.29 is 13.9 Å². The van der Waals surface area contributed by atoms with Crippen LogP contribution in [0.15, 0.2) is 24.3 Å². The molecule has 0 fully saturated rings. The van der Waals surface area contributed by atoms with Gasteiger partial charge in [0.2, 0.25) is 0 Å². The lowest BCUT2D eigenvalue weighted by Gasteiger charge is -2.22. The molecule has 1 unspecified atom stereocenters. The van der Waals surface area contributed by atoms with Crippen LogP contribution in [0.1, 0.15) is 26.3 Å². The molecule has 0 radical (unpaired) electrons. The lowest BCUT2D eigenvalue weighted by atomic mass is 10.1. The van der Waals surface area contributed by atoms with Gasteiger partial charge in [-0.1, -0.05) is 12.1 Å². The van der Waals surface area contributed by atoms with Gasteiger partial charge in [-0.15, -0.1) is 12.4 Å². The zero-order valence-corrected chi connectivity index (χ0v) is 11.6. The van der Waals surface area contributed by atoms with E-state index in [9.17, 15) is 9.18 Å². The Hall–Kier alpha value is -1.13. The Morgan fingerprint density at radius 2 is 2.06 bits per heavy atom. The first kappa shape index (κ1) is 16.9. The molecule has 1 rings (SSSR count). The van der Waals surface area contributed by atoms with Crippen molar-refractivity contribution in [3.8, 4) is 0 Å². The highest BCUT2D eigenvalue weighted by molar-refractivity contribution is 5.85. The molecule has 0 spiro atoms. The number of carbonyl (C=O) groups excluding carboxylic acids is 1. The minimum absolute atomic E-state index is 0. The fourth-order valence-electron chi connectivity index (χ4n) is 1.38. The molecular weight excluding hydrogens is 257 g/mol. The van der Waals surface area contributed by atoms with E-state index in [1.54, 1.807) is 32.9 Å². The van der Waals surface area contributed by atoms with Crippen LogP contribution in [-0.4, -0.2) is 17.6 Å². The van der Waals surface area contributed by atoms with Crippen molar-refractivity contribution in [3.63, 3.8) is 0 Å². The number of benzene rings is 1. The number of halogens is 2. The van der Waals surface area contributed by atoms with E-state index < -0.39 is 17.6 Å². The lowest BCUT2D eigenvalue weighted by Crippen LogP contribution is -2.38. The molecule has 2 N–H and O–H groups in total. The van der Waals surface area contributed by atoms with Crippen molar-refractivity contribution in [2.24, 2.45) is 5.73 Å². The van der Waals surface area contributed by atoms with E-state index in [2.05, 4.69) is 0 Å². The Morgan fingerprint density at radius 3 is 2.56 bits per heavy atom. The average molecular weight is 276 g/mol. The predicted octanol–water partition coefficient (Wildman–Crippen LogP) is 2.46. The van der Waals surface area contributed by atoms with Crippen molar-refractivity contribution in [2.45, 2.75) is 38.8 Å². The van der Waals surface area contributed by atoms with Crippen LogP contribution in [0.25, 0.3) is 0 Å². The van der Waals surface area contributed by atoms with Gasteiger partial charge in [-0.3, -0.25) is 4.79 Å². The van der Waals surface area contributed by atoms with Crippen LogP contribution < -0.4 is 5.73 Å². The van der Waals surface area contributed by atoms with Crippen LogP contribution in [-0.2, 0) is 16.0 Å². The first-order valence-corrected chi connectivity index (χ1v) is 5.51. The molecule has 18 heavy (non-hydrogen) atoms. The van der Waals surface area contributed by atoms with Crippen molar-refractivity contribution in [2.75, 3.05) is 0 Å². The SMILES string of the molecule is CC(C)(C)OC(=O)C(N)Cc1cccc(F)c1.Cl. The monoisotopic (exact) mass is 275 g/mol. The van der Waals surface area contributed by atoms with Gasteiger partial charge < -0.3 is 10.5 Å². The molecule has 1 atom stereocenters. The molecule has 0 aliphatic heterocycles. The second-order valence-corrected chi connectivity index (χ2v) is 4.97. The van der Waals surface area contributed by atoms with Crippen LogP contribution in [0, 0.1) is 5.82 Å². The van der Waals surface area contributed by atoms with Crippen LogP contribution in [0.4, 0.5) is 4.39 Å². The van der Waals surface area contributed by atoms with Gasteiger partial charge >= 0.3 is 5.97 Å². The second-order valence-electron chi connectivity index (χ2n) is 4.97. The summed E-state index contributed by atoms with van der Waals surface area (Å²) in [7, 11) is 0. The van der Waals surface area contributed by atoms with E-state index in [1.165, 1.54) is 12.1 Å². The van der Waals surface area contributed by atoms with Gasteiger partial charge in [0.1, 0.15) is 17.5 Å². The normalized spacial score (nSPS) is 12.5. The number of ether oxygens (including phenoxy) is 1. The van der Waals surface area contributed by atoms with Gasteiger partial charge in [0.25, 0.3) is 0 Å². The number of hydrogen-bond acceptors (Lipinski definition) is 3. The smallest absolute Gasteiger partial charge is 0.323 e. The van der Waals surface area contributed by atoms with Crippen molar-refractivity contribution in [1.82, 2.24) is 0 Å².